The summed E-state index contributed by atoms with van der Waals surface area (Å²) in [4.78, 5) is 40.1. The molecule has 7 heteroatoms. The number of amides is 3. The van der Waals surface area contributed by atoms with Crippen molar-refractivity contribution in [3.05, 3.63) is 35.9 Å². The molecule has 0 radical (unpaired) electrons. The lowest BCUT2D eigenvalue weighted by Crippen LogP contribution is -2.52. The molecular weight excluding hydrogens is 382 g/mol. The Bertz CT molecular complexity index is 763. The smallest absolute Gasteiger partial charge is 0.244 e. The lowest BCUT2D eigenvalue weighted by atomic mass is 9.77. The van der Waals surface area contributed by atoms with Gasteiger partial charge >= 0.3 is 0 Å². The molecule has 3 rings (SSSR count). The Kier molecular flexibility index (Phi) is 7.13. The molecule has 1 aromatic rings. The van der Waals surface area contributed by atoms with Crippen LogP contribution >= 0.6 is 0 Å². The summed E-state index contributed by atoms with van der Waals surface area (Å²) < 4.78 is 0. The van der Waals surface area contributed by atoms with Crippen LogP contribution in [0.25, 0.3) is 0 Å². The minimum atomic E-state index is -0.880. The Morgan fingerprint density at radius 2 is 1.93 bits per heavy atom. The van der Waals surface area contributed by atoms with Crippen molar-refractivity contribution < 1.29 is 19.6 Å². The molecule has 2 fully saturated rings. The topological polar surface area (TPSA) is 98.7 Å². The van der Waals surface area contributed by atoms with Crippen LogP contribution < -0.4 is 10.8 Å². The molecule has 0 aromatic heterocycles. The average Bonchev–Trinajstić information content (AvgIpc) is 3.48. The molecule has 1 heterocycles. The third kappa shape index (κ3) is 5.19. The van der Waals surface area contributed by atoms with Gasteiger partial charge in [0, 0.05) is 19.0 Å². The second-order valence-electron chi connectivity index (χ2n) is 9.05. The summed E-state index contributed by atoms with van der Waals surface area (Å²) in [5, 5.41) is 12.1. The molecule has 0 bridgehead atoms. The van der Waals surface area contributed by atoms with E-state index in [1.54, 1.807) is 10.4 Å². The number of hydrogen-bond acceptors (Lipinski definition) is 4. The van der Waals surface area contributed by atoms with E-state index in [0.717, 1.165) is 25.7 Å². The largest absolute Gasteiger partial charge is 0.352 e. The summed E-state index contributed by atoms with van der Waals surface area (Å²) in [7, 11) is 0. The number of hydroxylamine groups is 1. The van der Waals surface area contributed by atoms with E-state index >= 15 is 0 Å². The maximum atomic E-state index is 13.6. The molecule has 3 amide bonds. The molecule has 0 unspecified atom stereocenters. The van der Waals surface area contributed by atoms with Crippen molar-refractivity contribution in [3.63, 3.8) is 0 Å². The first-order valence-electron chi connectivity index (χ1n) is 10.9. The van der Waals surface area contributed by atoms with Gasteiger partial charge in [-0.15, -0.1) is 0 Å². The first-order valence-corrected chi connectivity index (χ1v) is 10.9. The number of nitrogens with zero attached hydrogens (tertiary/aromatic N) is 1. The Hall–Kier alpha value is -2.41. The molecular formula is C23H33N3O4. The highest BCUT2D eigenvalue weighted by Gasteiger charge is 2.51. The third-order valence-corrected chi connectivity index (χ3v) is 6.29. The maximum Gasteiger partial charge on any atom is 0.244 e. The van der Waals surface area contributed by atoms with Gasteiger partial charge in [0.15, 0.2) is 0 Å². The van der Waals surface area contributed by atoms with E-state index in [0.29, 0.717) is 19.4 Å². The van der Waals surface area contributed by atoms with Crippen molar-refractivity contribution in [1.29, 1.82) is 0 Å². The van der Waals surface area contributed by atoms with Crippen LogP contribution in [0.3, 0.4) is 0 Å². The molecule has 2 aliphatic rings. The highest BCUT2D eigenvalue weighted by molar-refractivity contribution is 5.94. The van der Waals surface area contributed by atoms with Crippen molar-refractivity contribution in [1.82, 2.24) is 15.7 Å². The highest BCUT2D eigenvalue weighted by atomic mass is 16.5. The zero-order valence-corrected chi connectivity index (χ0v) is 17.9. The summed E-state index contributed by atoms with van der Waals surface area (Å²) in [5.74, 6) is -0.843. The zero-order chi connectivity index (χ0) is 21.7. The van der Waals surface area contributed by atoms with Gasteiger partial charge in [-0.2, -0.15) is 0 Å². The van der Waals surface area contributed by atoms with Gasteiger partial charge in [-0.25, -0.2) is 5.48 Å². The van der Waals surface area contributed by atoms with Gasteiger partial charge in [0.2, 0.25) is 17.7 Å². The van der Waals surface area contributed by atoms with E-state index in [1.807, 2.05) is 44.2 Å². The lowest BCUT2D eigenvalue weighted by molar-refractivity contribution is -0.147. The van der Waals surface area contributed by atoms with Crippen LogP contribution in [0.15, 0.2) is 30.3 Å². The van der Waals surface area contributed by atoms with Gasteiger partial charge in [-0.1, -0.05) is 44.2 Å². The number of nitrogens with one attached hydrogen (secondary N) is 2. The van der Waals surface area contributed by atoms with Crippen molar-refractivity contribution >= 4 is 17.7 Å². The second kappa shape index (κ2) is 9.60. The molecule has 3 N–H and O–H groups in total. The lowest BCUT2D eigenvalue weighted by Gasteiger charge is -2.33. The first kappa shape index (κ1) is 22.3. The molecule has 1 aliphatic heterocycles. The summed E-state index contributed by atoms with van der Waals surface area (Å²) in [6.07, 6.45) is 4.53. The number of rotatable bonds is 10. The summed E-state index contributed by atoms with van der Waals surface area (Å²) in [5.41, 5.74) is 1.99. The fourth-order valence-corrected chi connectivity index (χ4v) is 4.54. The van der Waals surface area contributed by atoms with Gasteiger partial charge in [-0.05, 0) is 50.0 Å². The molecule has 1 aromatic carbocycles. The molecule has 30 heavy (non-hydrogen) atoms. The third-order valence-electron chi connectivity index (χ3n) is 6.29. The van der Waals surface area contributed by atoms with E-state index in [-0.39, 0.29) is 30.2 Å². The van der Waals surface area contributed by atoms with Gasteiger partial charge in [0.1, 0.15) is 6.04 Å². The number of aryl methyl sites for hydroxylation is 1. The van der Waals surface area contributed by atoms with Crippen molar-refractivity contribution in [2.45, 2.75) is 70.9 Å². The van der Waals surface area contributed by atoms with Gasteiger partial charge < -0.3 is 10.2 Å². The number of hydrogen-bond donors (Lipinski definition) is 3. The van der Waals surface area contributed by atoms with Crippen LogP contribution in [-0.4, -0.2) is 46.5 Å². The van der Waals surface area contributed by atoms with Gasteiger partial charge in [-0.3, -0.25) is 19.6 Å². The van der Waals surface area contributed by atoms with Crippen molar-refractivity contribution in [2.24, 2.45) is 11.3 Å². The fraction of sp³-hybridized carbons (Fsp3) is 0.609. The number of likely N-dealkylation sites (tertiary alicyclic amines) is 1. The van der Waals surface area contributed by atoms with Crippen LogP contribution in [-0.2, 0) is 20.8 Å². The molecule has 0 spiro atoms. The van der Waals surface area contributed by atoms with E-state index in [9.17, 15) is 14.4 Å². The van der Waals surface area contributed by atoms with E-state index in [4.69, 9.17) is 5.21 Å². The molecule has 1 aliphatic carbocycles. The number of carbonyl (C=O) groups is 3. The summed E-state index contributed by atoms with van der Waals surface area (Å²) in [6.45, 7) is 4.34. The van der Waals surface area contributed by atoms with Gasteiger partial charge in [0.05, 0.1) is 5.41 Å². The minimum absolute atomic E-state index is 0.0283. The second-order valence-corrected chi connectivity index (χ2v) is 9.05. The standard InChI is InChI=1S/C23H33N3O4/c1-16(2)20(21(28)24-18-10-11-18)26-14-13-23(22(26)29,15-19(27)25-30)12-6-9-17-7-4-3-5-8-17/h3-5,7-8,16,18,20,30H,6,9-15H2,1-2H3,(H,24,28)(H,25,27)/t20-,23+/m1/s1. The van der Waals surface area contributed by atoms with Crippen molar-refractivity contribution in [2.75, 3.05) is 6.54 Å². The molecule has 1 saturated heterocycles. The zero-order valence-electron chi connectivity index (χ0n) is 17.9. The van der Waals surface area contributed by atoms with Crippen LogP contribution in [0.5, 0.6) is 0 Å². The van der Waals surface area contributed by atoms with E-state index in [2.05, 4.69) is 5.32 Å². The minimum Gasteiger partial charge on any atom is -0.352 e. The van der Waals surface area contributed by atoms with E-state index in [1.165, 1.54) is 5.56 Å². The normalized spacial score (nSPS) is 22.3. The first-order chi connectivity index (χ1) is 14.4. The quantitative estimate of drug-likeness (QED) is 0.404. The summed E-state index contributed by atoms with van der Waals surface area (Å²) in [6, 6.07) is 9.73. The Morgan fingerprint density at radius 3 is 2.53 bits per heavy atom. The monoisotopic (exact) mass is 415 g/mol. The molecule has 7 nitrogen and oxygen atoms in total. The maximum absolute atomic E-state index is 13.6. The number of carbonyl (C=O) groups excluding carboxylic acids is 3. The predicted octanol–water partition coefficient (Wildman–Crippen LogP) is 2.43. The van der Waals surface area contributed by atoms with Crippen LogP contribution in [0.4, 0.5) is 0 Å². The van der Waals surface area contributed by atoms with Gasteiger partial charge in [0.25, 0.3) is 0 Å². The Labute approximate surface area is 178 Å². The summed E-state index contributed by atoms with van der Waals surface area (Å²) >= 11 is 0. The number of benzene rings is 1. The van der Waals surface area contributed by atoms with E-state index < -0.39 is 17.4 Å². The van der Waals surface area contributed by atoms with Crippen LogP contribution in [0.1, 0.15) is 57.9 Å². The average molecular weight is 416 g/mol. The molecule has 1 saturated carbocycles. The highest BCUT2D eigenvalue weighted by Crippen LogP contribution is 2.42. The van der Waals surface area contributed by atoms with Crippen LogP contribution in [0, 0.1) is 11.3 Å². The van der Waals surface area contributed by atoms with Crippen LogP contribution in [0.2, 0.25) is 0 Å². The predicted molar refractivity (Wildman–Crippen MR) is 112 cm³/mol. The fourth-order valence-electron chi connectivity index (χ4n) is 4.54. The SMILES string of the molecule is CC(C)[C@H](C(=O)NC1CC1)N1CC[C@@](CCCc2ccccc2)(CC(=O)NO)C1=O. The molecule has 164 valence electrons. The Balaban J connectivity index is 1.74. The Morgan fingerprint density at radius 1 is 1.23 bits per heavy atom. The molecule has 2 atom stereocenters. The van der Waals surface area contributed by atoms with Crippen molar-refractivity contribution in [3.8, 4) is 0 Å².